The number of nitrogens with zero attached hydrogens (tertiary/aromatic N) is 1. The van der Waals surface area contributed by atoms with E-state index in [1.807, 2.05) is 12.1 Å². The zero-order valence-corrected chi connectivity index (χ0v) is 15.9. The number of ether oxygens (including phenoxy) is 1. The topological polar surface area (TPSA) is 18.6 Å². The van der Waals surface area contributed by atoms with Crippen LogP contribution in [-0.4, -0.2) is 24.8 Å². The highest BCUT2D eigenvalue weighted by Gasteiger charge is 2.14. The molecule has 0 radical (unpaired) electrons. The molecule has 1 heterocycles. The molecule has 1 atom stereocenters. The van der Waals surface area contributed by atoms with Crippen molar-refractivity contribution in [1.82, 2.24) is 4.57 Å². The smallest absolute Gasteiger partial charge is 0.123 e. The largest absolute Gasteiger partial charge is 0.384 e. The van der Waals surface area contributed by atoms with E-state index in [1.54, 1.807) is 19.2 Å². The van der Waals surface area contributed by atoms with Gasteiger partial charge in [-0.2, -0.15) is 0 Å². The van der Waals surface area contributed by atoms with E-state index in [1.165, 1.54) is 22.2 Å². The summed E-state index contributed by atoms with van der Waals surface area (Å²) in [4.78, 5) is 1.41. The third-order valence-corrected chi connectivity index (χ3v) is 4.77. The predicted octanol–water partition coefficient (Wildman–Crippen LogP) is 3.30. The van der Waals surface area contributed by atoms with Gasteiger partial charge in [-0.3, -0.25) is 0 Å². The standard InChI is InChI=1S/C23H27FN2O/c1-27-15-7-13-25(17-21-10-5-11-22(24)16-21)19-23-12-6-14-26(23)18-20-8-3-2-4-9-20/h2-6,8-12,14,16H,7,13,15,17-19H2,1H3/p+1. The maximum atomic E-state index is 13.6. The lowest BCUT2D eigenvalue weighted by Crippen LogP contribution is -3.09. The number of hydrogen-bond donors (Lipinski definition) is 1. The first-order valence-electron chi connectivity index (χ1n) is 9.49. The number of aromatic nitrogens is 1. The van der Waals surface area contributed by atoms with Crippen molar-refractivity contribution < 1.29 is 14.0 Å². The second-order valence-electron chi connectivity index (χ2n) is 6.94. The summed E-state index contributed by atoms with van der Waals surface area (Å²) in [5.41, 5.74) is 3.62. The molecule has 0 aliphatic rings. The molecular weight excluding hydrogens is 339 g/mol. The van der Waals surface area contributed by atoms with E-state index in [2.05, 4.69) is 47.2 Å². The quantitative estimate of drug-likeness (QED) is 0.545. The number of nitrogens with one attached hydrogen (secondary N) is 1. The molecule has 27 heavy (non-hydrogen) atoms. The Hall–Kier alpha value is -2.43. The van der Waals surface area contributed by atoms with Gasteiger partial charge in [-0.25, -0.2) is 4.39 Å². The molecule has 1 N–H and O–H groups in total. The number of rotatable bonds is 10. The number of halogens is 1. The molecule has 0 bridgehead atoms. The van der Waals surface area contributed by atoms with Gasteiger partial charge in [0.2, 0.25) is 0 Å². The summed E-state index contributed by atoms with van der Waals surface area (Å²) < 4.78 is 21.1. The third-order valence-electron chi connectivity index (χ3n) is 4.77. The molecule has 0 saturated heterocycles. The van der Waals surface area contributed by atoms with Crippen molar-refractivity contribution in [2.75, 3.05) is 20.3 Å². The van der Waals surface area contributed by atoms with Crippen LogP contribution >= 0.6 is 0 Å². The van der Waals surface area contributed by atoms with Gasteiger partial charge in [0, 0.05) is 31.8 Å². The Morgan fingerprint density at radius 3 is 2.52 bits per heavy atom. The molecule has 4 heteroatoms. The van der Waals surface area contributed by atoms with Gasteiger partial charge < -0.3 is 14.2 Å². The Bertz CT molecular complexity index is 816. The Balaban J connectivity index is 1.70. The highest BCUT2D eigenvalue weighted by molar-refractivity contribution is 5.18. The summed E-state index contributed by atoms with van der Waals surface area (Å²) in [5, 5.41) is 0. The normalized spacial score (nSPS) is 12.2. The zero-order chi connectivity index (χ0) is 18.9. The highest BCUT2D eigenvalue weighted by Crippen LogP contribution is 2.08. The van der Waals surface area contributed by atoms with Gasteiger partial charge in [0.15, 0.2) is 0 Å². The molecule has 0 amide bonds. The van der Waals surface area contributed by atoms with E-state index in [0.717, 1.165) is 44.8 Å². The molecule has 2 aromatic carbocycles. The van der Waals surface area contributed by atoms with Gasteiger partial charge >= 0.3 is 0 Å². The monoisotopic (exact) mass is 367 g/mol. The van der Waals surface area contributed by atoms with E-state index in [-0.39, 0.29) is 5.82 Å². The minimum absolute atomic E-state index is 0.170. The summed E-state index contributed by atoms with van der Waals surface area (Å²) in [7, 11) is 1.73. The SMILES string of the molecule is COCCC[NH+](Cc1cccc(F)c1)Cc1cccn1Cc1ccccc1. The Morgan fingerprint density at radius 2 is 1.74 bits per heavy atom. The lowest BCUT2D eigenvalue weighted by molar-refractivity contribution is -0.928. The van der Waals surface area contributed by atoms with Crippen molar-refractivity contribution in [3.8, 4) is 0 Å². The number of benzene rings is 2. The van der Waals surface area contributed by atoms with Crippen LogP contribution in [0, 0.1) is 5.82 Å². The van der Waals surface area contributed by atoms with Crippen molar-refractivity contribution in [1.29, 1.82) is 0 Å². The average Bonchev–Trinajstić information content (AvgIpc) is 3.09. The van der Waals surface area contributed by atoms with Gasteiger partial charge in [-0.05, 0) is 29.8 Å². The molecule has 1 unspecified atom stereocenters. The molecule has 0 spiro atoms. The molecule has 0 aliphatic heterocycles. The lowest BCUT2D eigenvalue weighted by atomic mass is 10.2. The molecule has 0 aliphatic carbocycles. The molecule has 3 aromatic rings. The lowest BCUT2D eigenvalue weighted by Gasteiger charge is -2.21. The third kappa shape index (κ3) is 6.05. The first-order valence-corrected chi connectivity index (χ1v) is 9.49. The summed E-state index contributed by atoms with van der Waals surface area (Å²) in [6.45, 7) is 4.31. The second-order valence-corrected chi connectivity index (χ2v) is 6.94. The first-order chi connectivity index (χ1) is 13.2. The van der Waals surface area contributed by atoms with Gasteiger partial charge in [0.1, 0.15) is 18.9 Å². The van der Waals surface area contributed by atoms with E-state index in [4.69, 9.17) is 4.74 Å². The summed E-state index contributed by atoms with van der Waals surface area (Å²) in [5.74, 6) is -0.170. The maximum absolute atomic E-state index is 13.6. The Labute approximate surface area is 161 Å². The van der Waals surface area contributed by atoms with E-state index in [0.29, 0.717) is 0 Å². The first kappa shape index (κ1) is 19.3. The molecule has 3 nitrogen and oxygen atoms in total. The fourth-order valence-electron chi connectivity index (χ4n) is 3.44. The predicted molar refractivity (Wildman–Crippen MR) is 106 cm³/mol. The van der Waals surface area contributed by atoms with Gasteiger partial charge in [-0.15, -0.1) is 0 Å². The fourth-order valence-corrected chi connectivity index (χ4v) is 3.44. The number of hydrogen-bond acceptors (Lipinski definition) is 1. The van der Waals surface area contributed by atoms with Gasteiger partial charge in [0.25, 0.3) is 0 Å². The van der Waals surface area contributed by atoms with Gasteiger partial charge in [-0.1, -0.05) is 42.5 Å². The van der Waals surface area contributed by atoms with Crippen molar-refractivity contribution in [3.05, 3.63) is 95.6 Å². The fraction of sp³-hybridized carbons (Fsp3) is 0.304. The Morgan fingerprint density at radius 1 is 0.926 bits per heavy atom. The highest BCUT2D eigenvalue weighted by atomic mass is 19.1. The number of methoxy groups -OCH3 is 1. The molecule has 3 rings (SSSR count). The van der Waals surface area contributed by atoms with Crippen molar-refractivity contribution in [3.63, 3.8) is 0 Å². The summed E-state index contributed by atoms with van der Waals surface area (Å²) in [6.07, 6.45) is 3.12. The van der Waals surface area contributed by atoms with E-state index in [9.17, 15) is 4.39 Å². The van der Waals surface area contributed by atoms with E-state index >= 15 is 0 Å². The molecule has 0 saturated carbocycles. The molecule has 142 valence electrons. The summed E-state index contributed by atoms with van der Waals surface area (Å²) >= 11 is 0. The van der Waals surface area contributed by atoms with Crippen LogP contribution in [0.15, 0.2) is 72.9 Å². The van der Waals surface area contributed by atoms with Crippen LogP contribution in [0.2, 0.25) is 0 Å². The van der Waals surface area contributed by atoms with Crippen molar-refractivity contribution in [2.24, 2.45) is 0 Å². The van der Waals surface area contributed by atoms with Crippen LogP contribution in [0.4, 0.5) is 4.39 Å². The van der Waals surface area contributed by atoms with Crippen LogP contribution in [0.25, 0.3) is 0 Å². The maximum Gasteiger partial charge on any atom is 0.123 e. The van der Waals surface area contributed by atoms with Crippen LogP contribution in [0.5, 0.6) is 0 Å². The summed E-state index contributed by atoms with van der Waals surface area (Å²) in [6, 6.07) is 21.7. The zero-order valence-electron chi connectivity index (χ0n) is 15.9. The molecule has 0 fully saturated rings. The van der Waals surface area contributed by atoms with Crippen molar-refractivity contribution in [2.45, 2.75) is 26.1 Å². The van der Waals surface area contributed by atoms with Gasteiger partial charge in [0.05, 0.1) is 18.8 Å². The van der Waals surface area contributed by atoms with Crippen LogP contribution < -0.4 is 4.90 Å². The minimum atomic E-state index is -0.170. The Kier molecular flexibility index (Phi) is 7.19. The number of quaternary nitrogens is 1. The van der Waals surface area contributed by atoms with Crippen LogP contribution in [0.3, 0.4) is 0 Å². The van der Waals surface area contributed by atoms with E-state index < -0.39 is 0 Å². The molecule has 1 aromatic heterocycles. The van der Waals surface area contributed by atoms with Crippen LogP contribution in [0.1, 0.15) is 23.2 Å². The minimum Gasteiger partial charge on any atom is -0.384 e. The average molecular weight is 367 g/mol. The van der Waals surface area contributed by atoms with Crippen LogP contribution in [-0.2, 0) is 24.4 Å². The second kappa shape index (κ2) is 10.0. The molecular formula is C23H28FN2O+. The van der Waals surface area contributed by atoms with Crippen molar-refractivity contribution >= 4 is 0 Å².